The van der Waals surface area contributed by atoms with E-state index in [4.69, 9.17) is 0 Å². The number of hydrogen-bond donors (Lipinski definition) is 1. The number of benzene rings is 1. The van der Waals surface area contributed by atoms with Gasteiger partial charge in [0.15, 0.2) is 11.6 Å². The van der Waals surface area contributed by atoms with E-state index in [1.165, 1.54) is 0 Å². The zero-order chi connectivity index (χ0) is 11.9. The summed E-state index contributed by atoms with van der Waals surface area (Å²) in [7, 11) is 0. The lowest BCUT2D eigenvalue weighted by Gasteiger charge is -2.11. The Labute approximate surface area is 92.7 Å². The SMILES string of the molecule is CC(C)C(C)c1nc2cc(F)c(F)cc2[nH]1. The van der Waals surface area contributed by atoms with Gasteiger partial charge >= 0.3 is 0 Å². The summed E-state index contributed by atoms with van der Waals surface area (Å²) in [6.07, 6.45) is 0. The van der Waals surface area contributed by atoms with Gasteiger partial charge in [-0.2, -0.15) is 0 Å². The molecule has 1 N–H and O–H groups in total. The fourth-order valence-corrected chi connectivity index (χ4v) is 1.56. The molecule has 16 heavy (non-hydrogen) atoms. The third-order valence-corrected chi connectivity index (χ3v) is 2.97. The van der Waals surface area contributed by atoms with Gasteiger partial charge in [-0.15, -0.1) is 0 Å². The highest BCUT2D eigenvalue weighted by Gasteiger charge is 2.15. The number of H-pyrrole nitrogens is 1. The Morgan fingerprint density at radius 1 is 1.12 bits per heavy atom. The van der Waals surface area contributed by atoms with Crippen molar-refractivity contribution < 1.29 is 8.78 Å². The van der Waals surface area contributed by atoms with E-state index in [-0.39, 0.29) is 5.92 Å². The molecule has 1 atom stereocenters. The number of fused-ring (bicyclic) bond motifs is 1. The van der Waals surface area contributed by atoms with Crippen LogP contribution in [-0.2, 0) is 0 Å². The molecule has 1 aromatic heterocycles. The van der Waals surface area contributed by atoms with E-state index in [0.29, 0.717) is 17.0 Å². The number of rotatable bonds is 2. The van der Waals surface area contributed by atoms with Crippen LogP contribution >= 0.6 is 0 Å². The van der Waals surface area contributed by atoms with Crippen molar-refractivity contribution >= 4 is 11.0 Å². The standard InChI is InChI=1S/C12H14F2N2/c1-6(2)7(3)12-15-10-4-8(13)9(14)5-11(10)16-12/h4-7H,1-3H3,(H,15,16). The molecular formula is C12H14F2N2. The topological polar surface area (TPSA) is 28.7 Å². The summed E-state index contributed by atoms with van der Waals surface area (Å²) < 4.78 is 26.0. The molecule has 0 saturated carbocycles. The number of hydrogen-bond acceptors (Lipinski definition) is 1. The van der Waals surface area contributed by atoms with E-state index in [1.54, 1.807) is 0 Å². The fourth-order valence-electron chi connectivity index (χ4n) is 1.56. The maximum Gasteiger partial charge on any atom is 0.161 e. The second-order valence-electron chi connectivity index (χ2n) is 4.44. The van der Waals surface area contributed by atoms with Crippen LogP contribution in [0.1, 0.15) is 32.5 Å². The highest BCUT2D eigenvalue weighted by molar-refractivity contribution is 5.75. The largest absolute Gasteiger partial charge is 0.342 e. The molecule has 2 aromatic rings. The number of aromatic nitrogens is 2. The normalized spacial score (nSPS) is 13.6. The number of imidazole rings is 1. The molecule has 0 fully saturated rings. The van der Waals surface area contributed by atoms with Gasteiger partial charge in [0.1, 0.15) is 5.82 Å². The molecule has 0 radical (unpaired) electrons. The monoisotopic (exact) mass is 224 g/mol. The Hall–Kier alpha value is -1.45. The molecule has 4 heteroatoms. The minimum atomic E-state index is -0.859. The van der Waals surface area contributed by atoms with Crippen molar-refractivity contribution in [3.05, 3.63) is 29.6 Å². The van der Waals surface area contributed by atoms with Gasteiger partial charge in [-0.1, -0.05) is 20.8 Å². The van der Waals surface area contributed by atoms with Crippen molar-refractivity contribution in [3.8, 4) is 0 Å². The van der Waals surface area contributed by atoms with Crippen molar-refractivity contribution in [2.75, 3.05) is 0 Å². The van der Waals surface area contributed by atoms with E-state index in [9.17, 15) is 8.78 Å². The molecule has 0 spiro atoms. The molecule has 2 nitrogen and oxygen atoms in total. The summed E-state index contributed by atoms with van der Waals surface area (Å²) in [4.78, 5) is 7.30. The van der Waals surface area contributed by atoms with Crippen molar-refractivity contribution in [3.63, 3.8) is 0 Å². The van der Waals surface area contributed by atoms with Crippen LogP contribution in [0.15, 0.2) is 12.1 Å². The summed E-state index contributed by atoms with van der Waals surface area (Å²) in [5.41, 5.74) is 1.02. The van der Waals surface area contributed by atoms with Gasteiger partial charge < -0.3 is 4.98 Å². The highest BCUT2D eigenvalue weighted by atomic mass is 19.2. The summed E-state index contributed by atoms with van der Waals surface area (Å²) in [5.74, 6) is -0.272. The van der Waals surface area contributed by atoms with Crippen molar-refractivity contribution in [2.24, 2.45) is 5.92 Å². The number of halogens is 2. The third-order valence-electron chi connectivity index (χ3n) is 2.97. The molecular weight excluding hydrogens is 210 g/mol. The summed E-state index contributed by atoms with van der Waals surface area (Å²) in [6, 6.07) is 2.27. The molecule has 0 amide bonds. The average molecular weight is 224 g/mol. The lowest BCUT2D eigenvalue weighted by Crippen LogP contribution is -2.03. The average Bonchev–Trinajstić information content (AvgIpc) is 2.60. The Balaban J connectivity index is 2.52. The molecule has 0 bridgehead atoms. The van der Waals surface area contributed by atoms with Gasteiger partial charge in [0.2, 0.25) is 0 Å². The van der Waals surface area contributed by atoms with Gasteiger partial charge in [0.05, 0.1) is 11.0 Å². The van der Waals surface area contributed by atoms with Crippen molar-refractivity contribution in [1.82, 2.24) is 9.97 Å². The molecule has 1 heterocycles. The molecule has 0 aliphatic carbocycles. The van der Waals surface area contributed by atoms with Crippen LogP contribution in [0, 0.1) is 17.6 Å². The second-order valence-corrected chi connectivity index (χ2v) is 4.44. The molecule has 0 saturated heterocycles. The first kappa shape index (κ1) is 11.0. The third kappa shape index (κ3) is 1.79. The van der Waals surface area contributed by atoms with E-state index >= 15 is 0 Å². The minimum absolute atomic E-state index is 0.235. The molecule has 86 valence electrons. The fraction of sp³-hybridized carbons (Fsp3) is 0.417. The molecule has 1 unspecified atom stereocenters. The van der Waals surface area contributed by atoms with Crippen LogP contribution in [0.3, 0.4) is 0 Å². The molecule has 2 rings (SSSR count). The lowest BCUT2D eigenvalue weighted by molar-refractivity contribution is 0.510. The number of aromatic amines is 1. The van der Waals surface area contributed by atoms with Gasteiger partial charge in [0.25, 0.3) is 0 Å². The maximum atomic E-state index is 13.0. The van der Waals surface area contributed by atoms with Gasteiger partial charge in [0, 0.05) is 18.1 Å². The molecule has 0 aliphatic heterocycles. The quantitative estimate of drug-likeness (QED) is 0.829. The highest BCUT2D eigenvalue weighted by Crippen LogP contribution is 2.24. The maximum absolute atomic E-state index is 13.0. The lowest BCUT2D eigenvalue weighted by atomic mass is 9.98. The summed E-state index contributed by atoms with van der Waals surface area (Å²) >= 11 is 0. The van der Waals surface area contributed by atoms with E-state index in [2.05, 4.69) is 23.8 Å². The van der Waals surface area contributed by atoms with Crippen LogP contribution in [0.5, 0.6) is 0 Å². The van der Waals surface area contributed by atoms with Crippen LogP contribution in [0.2, 0.25) is 0 Å². The van der Waals surface area contributed by atoms with Crippen LogP contribution in [-0.4, -0.2) is 9.97 Å². The van der Waals surface area contributed by atoms with Crippen LogP contribution in [0.4, 0.5) is 8.78 Å². The second kappa shape index (κ2) is 3.85. The van der Waals surface area contributed by atoms with Gasteiger partial charge in [-0.3, -0.25) is 0 Å². The van der Waals surface area contributed by atoms with Gasteiger partial charge in [-0.25, -0.2) is 13.8 Å². The van der Waals surface area contributed by atoms with E-state index in [0.717, 1.165) is 18.0 Å². The zero-order valence-corrected chi connectivity index (χ0v) is 9.51. The van der Waals surface area contributed by atoms with Gasteiger partial charge in [-0.05, 0) is 5.92 Å². The van der Waals surface area contributed by atoms with E-state index in [1.807, 2.05) is 6.92 Å². The Kier molecular flexibility index (Phi) is 2.66. The Bertz CT molecular complexity index is 478. The number of nitrogens with zero attached hydrogens (tertiary/aromatic N) is 1. The van der Waals surface area contributed by atoms with Crippen molar-refractivity contribution in [2.45, 2.75) is 26.7 Å². The van der Waals surface area contributed by atoms with Crippen LogP contribution < -0.4 is 0 Å². The Morgan fingerprint density at radius 2 is 1.75 bits per heavy atom. The summed E-state index contributed by atoms with van der Waals surface area (Å²) in [5, 5.41) is 0. The first-order chi connectivity index (χ1) is 7.49. The molecule has 1 aromatic carbocycles. The first-order valence-electron chi connectivity index (χ1n) is 5.33. The zero-order valence-electron chi connectivity index (χ0n) is 9.51. The summed E-state index contributed by atoms with van der Waals surface area (Å²) in [6.45, 7) is 6.20. The van der Waals surface area contributed by atoms with E-state index < -0.39 is 11.6 Å². The predicted molar refractivity (Wildman–Crippen MR) is 59.3 cm³/mol. The predicted octanol–water partition coefficient (Wildman–Crippen LogP) is 3.60. The van der Waals surface area contributed by atoms with Crippen molar-refractivity contribution in [1.29, 1.82) is 0 Å². The van der Waals surface area contributed by atoms with Crippen LogP contribution in [0.25, 0.3) is 11.0 Å². The minimum Gasteiger partial charge on any atom is -0.342 e. The smallest absolute Gasteiger partial charge is 0.161 e. The first-order valence-corrected chi connectivity index (χ1v) is 5.33. The number of nitrogens with one attached hydrogen (secondary N) is 1. The molecule has 0 aliphatic rings. The Morgan fingerprint density at radius 3 is 2.38 bits per heavy atom.